The fraction of sp³-hybridized carbons (Fsp3) is 0.353. The highest BCUT2D eigenvalue weighted by Gasteiger charge is 2.15. The lowest BCUT2D eigenvalue weighted by Gasteiger charge is -2.21. The summed E-state index contributed by atoms with van der Waals surface area (Å²) in [5.74, 6) is 0.852. The lowest BCUT2D eigenvalue weighted by Crippen LogP contribution is -2.29. The van der Waals surface area contributed by atoms with Crippen LogP contribution in [0.3, 0.4) is 0 Å². The molecule has 0 bridgehead atoms. The smallest absolute Gasteiger partial charge is 0.150 e. The predicted octanol–water partition coefficient (Wildman–Crippen LogP) is 2.75. The predicted molar refractivity (Wildman–Crippen MR) is 92.2 cm³/mol. The van der Waals surface area contributed by atoms with Crippen LogP contribution in [0.2, 0.25) is 5.02 Å². The summed E-state index contributed by atoms with van der Waals surface area (Å²) in [6.07, 6.45) is 5.38. The summed E-state index contributed by atoms with van der Waals surface area (Å²) >= 11 is 6.27. The molecule has 120 valence electrons. The summed E-state index contributed by atoms with van der Waals surface area (Å²) in [7, 11) is 2.14. The molecule has 3 rings (SSSR count). The maximum atomic E-state index is 11.0. The van der Waals surface area contributed by atoms with Crippen LogP contribution in [0.4, 0.5) is 5.82 Å². The quantitative estimate of drug-likeness (QED) is 0.810. The van der Waals surface area contributed by atoms with Gasteiger partial charge in [0, 0.05) is 30.8 Å². The molecule has 1 saturated heterocycles. The minimum Gasteiger partial charge on any atom is -0.354 e. The molecule has 0 spiro atoms. The lowest BCUT2D eigenvalue weighted by molar-refractivity contribution is 0.112. The summed E-state index contributed by atoms with van der Waals surface area (Å²) in [4.78, 5) is 24.6. The largest absolute Gasteiger partial charge is 0.354 e. The third-order valence-electron chi connectivity index (χ3n) is 4.07. The normalized spacial score (nSPS) is 16.2. The van der Waals surface area contributed by atoms with Crippen LogP contribution in [0, 0.1) is 0 Å². The minimum atomic E-state index is 0.567. The number of anilines is 1. The second-order valence-corrected chi connectivity index (χ2v) is 6.17. The standard InChI is InChI=1S/C17H19ClN4O/c1-21-5-2-6-22(8-7-21)17-11-19-10-16(20-17)14-9-13(12-23)3-4-15(14)18/h3-4,9-12H,2,5-8H2,1H3. The van der Waals surface area contributed by atoms with Crippen molar-refractivity contribution in [3.63, 3.8) is 0 Å². The third kappa shape index (κ3) is 3.68. The number of hydrogen-bond donors (Lipinski definition) is 0. The fourth-order valence-corrected chi connectivity index (χ4v) is 2.94. The van der Waals surface area contributed by atoms with Crippen molar-refractivity contribution in [3.05, 3.63) is 41.2 Å². The monoisotopic (exact) mass is 330 g/mol. The van der Waals surface area contributed by atoms with Gasteiger partial charge in [0.2, 0.25) is 0 Å². The van der Waals surface area contributed by atoms with Crippen LogP contribution in [-0.2, 0) is 0 Å². The van der Waals surface area contributed by atoms with Crippen LogP contribution in [0.5, 0.6) is 0 Å². The highest BCUT2D eigenvalue weighted by Crippen LogP contribution is 2.28. The molecule has 6 heteroatoms. The zero-order chi connectivity index (χ0) is 16.2. The Morgan fingerprint density at radius 1 is 1.17 bits per heavy atom. The number of carbonyl (C=O) groups is 1. The van der Waals surface area contributed by atoms with Gasteiger partial charge in [-0.3, -0.25) is 9.78 Å². The van der Waals surface area contributed by atoms with Crippen molar-refractivity contribution in [3.8, 4) is 11.3 Å². The zero-order valence-electron chi connectivity index (χ0n) is 13.1. The van der Waals surface area contributed by atoms with Crippen LogP contribution in [0.15, 0.2) is 30.6 Å². The van der Waals surface area contributed by atoms with Crippen LogP contribution in [0.1, 0.15) is 16.8 Å². The molecule has 2 heterocycles. The molecule has 1 aromatic carbocycles. The van der Waals surface area contributed by atoms with E-state index in [4.69, 9.17) is 16.6 Å². The molecule has 1 aliphatic rings. The van der Waals surface area contributed by atoms with Crippen LogP contribution < -0.4 is 4.90 Å². The maximum absolute atomic E-state index is 11.0. The van der Waals surface area contributed by atoms with Gasteiger partial charge in [-0.1, -0.05) is 17.7 Å². The summed E-state index contributed by atoms with van der Waals surface area (Å²) < 4.78 is 0. The van der Waals surface area contributed by atoms with Gasteiger partial charge in [0.1, 0.15) is 12.1 Å². The van der Waals surface area contributed by atoms with E-state index in [-0.39, 0.29) is 0 Å². The van der Waals surface area contributed by atoms with Crippen molar-refractivity contribution >= 4 is 23.7 Å². The van der Waals surface area contributed by atoms with E-state index in [2.05, 4.69) is 21.8 Å². The van der Waals surface area contributed by atoms with Gasteiger partial charge in [0.15, 0.2) is 0 Å². The molecule has 1 aliphatic heterocycles. The van der Waals surface area contributed by atoms with Crippen LogP contribution in [-0.4, -0.2) is 54.4 Å². The fourth-order valence-electron chi connectivity index (χ4n) is 2.73. The number of benzene rings is 1. The highest BCUT2D eigenvalue weighted by atomic mass is 35.5. The first kappa shape index (κ1) is 15.9. The molecule has 0 unspecified atom stereocenters. The van der Waals surface area contributed by atoms with E-state index in [0.717, 1.165) is 50.3 Å². The van der Waals surface area contributed by atoms with Crippen molar-refractivity contribution in [2.24, 2.45) is 0 Å². The molecule has 0 aliphatic carbocycles. The van der Waals surface area contributed by atoms with Gasteiger partial charge >= 0.3 is 0 Å². The number of hydrogen-bond acceptors (Lipinski definition) is 5. The summed E-state index contributed by atoms with van der Waals surface area (Å²) in [5, 5.41) is 0.567. The number of halogens is 1. The van der Waals surface area contributed by atoms with Gasteiger partial charge in [-0.05, 0) is 32.1 Å². The van der Waals surface area contributed by atoms with Crippen LogP contribution in [0.25, 0.3) is 11.3 Å². The molecule has 2 aromatic rings. The Morgan fingerprint density at radius 3 is 2.87 bits per heavy atom. The van der Waals surface area contributed by atoms with E-state index < -0.39 is 0 Å². The molecular weight excluding hydrogens is 312 g/mol. The minimum absolute atomic E-state index is 0.567. The average Bonchev–Trinajstić information content (AvgIpc) is 2.80. The molecule has 5 nitrogen and oxygen atoms in total. The van der Waals surface area contributed by atoms with E-state index in [1.165, 1.54) is 0 Å². The molecule has 0 N–H and O–H groups in total. The molecule has 23 heavy (non-hydrogen) atoms. The molecule has 0 atom stereocenters. The van der Waals surface area contributed by atoms with Gasteiger partial charge < -0.3 is 9.80 Å². The molecule has 1 fully saturated rings. The number of likely N-dealkylation sites (N-methyl/N-ethyl adjacent to an activating group) is 1. The van der Waals surface area contributed by atoms with E-state index in [1.54, 1.807) is 30.6 Å². The average molecular weight is 331 g/mol. The summed E-state index contributed by atoms with van der Waals surface area (Å²) in [6.45, 7) is 3.99. The van der Waals surface area contributed by atoms with Gasteiger partial charge in [-0.25, -0.2) is 4.98 Å². The Bertz CT molecular complexity index is 707. The summed E-state index contributed by atoms with van der Waals surface area (Å²) in [6, 6.07) is 5.16. The maximum Gasteiger partial charge on any atom is 0.150 e. The van der Waals surface area contributed by atoms with Gasteiger partial charge in [0.05, 0.1) is 23.1 Å². The first-order chi connectivity index (χ1) is 11.2. The van der Waals surface area contributed by atoms with Gasteiger partial charge in [-0.2, -0.15) is 0 Å². The third-order valence-corrected chi connectivity index (χ3v) is 4.40. The van der Waals surface area contributed by atoms with E-state index >= 15 is 0 Å². The Balaban J connectivity index is 1.92. The molecular formula is C17H19ClN4O. The first-order valence-corrected chi connectivity index (χ1v) is 8.06. The highest BCUT2D eigenvalue weighted by molar-refractivity contribution is 6.33. The van der Waals surface area contributed by atoms with E-state index in [9.17, 15) is 4.79 Å². The molecule has 0 radical (unpaired) electrons. The molecule has 0 saturated carbocycles. The Hall–Kier alpha value is -1.98. The van der Waals surface area contributed by atoms with E-state index in [0.29, 0.717) is 16.3 Å². The van der Waals surface area contributed by atoms with Crippen molar-refractivity contribution in [2.45, 2.75) is 6.42 Å². The number of nitrogens with zero attached hydrogens (tertiary/aromatic N) is 4. The van der Waals surface area contributed by atoms with Crippen molar-refractivity contribution < 1.29 is 4.79 Å². The zero-order valence-corrected chi connectivity index (χ0v) is 13.8. The van der Waals surface area contributed by atoms with Crippen molar-refractivity contribution in [1.82, 2.24) is 14.9 Å². The van der Waals surface area contributed by atoms with Gasteiger partial charge in [0.25, 0.3) is 0 Å². The first-order valence-electron chi connectivity index (χ1n) is 7.68. The number of rotatable bonds is 3. The second kappa shape index (κ2) is 7.06. The van der Waals surface area contributed by atoms with Crippen LogP contribution >= 0.6 is 11.6 Å². The number of aromatic nitrogens is 2. The van der Waals surface area contributed by atoms with Crippen molar-refractivity contribution in [1.29, 1.82) is 0 Å². The number of carbonyl (C=O) groups excluding carboxylic acids is 1. The topological polar surface area (TPSA) is 49.3 Å². The lowest BCUT2D eigenvalue weighted by atomic mass is 10.1. The molecule has 0 amide bonds. The summed E-state index contributed by atoms with van der Waals surface area (Å²) in [5.41, 5.74) is 2.00. The molecule has 1 aromatic heterocycles. The SMILES string of the molecule is CN1CCCN(c2cncc(-c3cc(C=O)ccc3Cl)n2)CC1. The van der Waals surface area contributed by atoms with Crippen molar-refractivity contribution in [2.75, 3.05) is 38.1 Å². The second-order valence-electron chi connectivity index (χ2n) is 5.76. The van der Waals surface area contributed by atoms with Gasteiger partial charge in [-0.15, -0.1) is 0 Å². The number of aldehydes is 1. The Labute approximate surface area is 140 Å². The Kier molecular flexibility index (Phi) is 4.88. The Morgan fingerprint density at radius 2 is 2.04 bits per heavy atom. The van der Waals surface area contributed by atoms with E-state index in [1.807, 2.05) is 0 Å².